The Morgan fingerprint density at radius 3 is 2.59 bits per heavy atom. The molecule has 114 valence electrons. The lowest BCUT2D eigenvalue weighted by Crippen LogP contribution is -2.31. The lowest BCUT2D eigenvalue weighted by molar-refractivity contribution is 0.0938. The number of halogens is 1. The van der Waals surface area contributed by atoms with Crippen LogP contribution in [0.15, 0.2) is 42.6 Å². The summed E-state index contributed by atoms with van der Waals surface area (Å²) in [5.41, 5.74) is 1.14. The van der Waals surface area contributed by atoms with Crippen LogP contribution in [-0.4, -0.2) is 22.8 Å². The SMILES string of the molecule is CC(C)NC(=O)c1cc(C(=O)Nc2cccc(Cl)c2)ccn1. The van der Waals surface area contributed by atoms with E-state index in [9.17, 15) is 9.59 Å². The van der Waals surface area contributed by atoms with Crippen molar-refractivity contribution in [2.24, 2.45) is 0 Å². The zero-order valence-electron chi connectivity index (χ0n) is 12.3. The number of benzene rings is 1. The molecule has 0 aliphatic carbocycles. The third kappa shape index (κ3) is 4.30. The Kier molecular flexibility index (Phi) is 5.12. The van der Waals surface area contributed by atoms with E-state index in [0.717, 1.165) is 0 Å². The van der Waals surface area contributed by atoms with Crippen LogP contribution in [0.2, 0.25) is 5.02 Å². The van der Waals surface area contributed by atoms with Crippen LogP contribution in [0.4, 0.5) is 5.69 Å². The van der Waals surface area contributed by atoms with E-state index < -0.39 is 0 Å². The van der Waals surface area contributed by atoms with E-state index >= 15 is 0 Å². The van der Waals surface area contributed by atoms with Crippen molar-refractivity contribution in [2.45, 2.75) is 19.9 Å². The quantitative estimate of drug-likeness (QED) is 0.910. The maximum Gasteiger partial charge on any atom is 0.270 e. The van der Waals surface area contributed by atoms with Crippen LogP contribution < -0.4 is 10.6 Å². The fraction of sp³-hybridized carbons (Fsp3) is 0.188. The topological polar surface area (TPSA) is 71.1 Å². The number of hydrogen-bond acceptors (Lipinski definition) is 3. The van der Waals surface area contributed by atoms with Gasteiger partial charge < -0.3 is 10.6 Å². The first-order valence-corrected chi connectivity index (χ1v) is 7.17. The molecule has 0 radical (unpaired) electrons. The highest BCUT2D eigenvalue weighted by Crippen LogP contribution is 2.16. The van der Waals surface area contributed by atoms with Gasteiger partial charge in [-0.1, -0.05) is 17.7 Å². The summed E-state index contributed by atoms with van der Waals surface area (Å²) in [6, 6.07) is 9.84. The van der Waals surface area contributed by atoms with Gasteiger partial charge in [0.05, 0.1) is 0 Å². The molecular weight excluding hydrogens is 302 g/mol. The molecule has 0 bridgehead atoms. The fourth-order valence-corrected chi connectivity index (χ4v) is 1.99. The Bertz CT molecular complexity index is 701. The third-order valence-corrected chi connectivity index (χ3v) is 2.99. The van der Waals surface area contributed by atoms with Gasteiger partial charge in [-0.05, 0) is 44.2 Å². The van der Waals surface area contributed by atoms with Gasteiger partial charge in [-0.2, -0.15) is 0 Å². The average molecular weight is 318 g/mol. The number of rotatable bonds is 4. The minimum atomic E-state index is -0.330. The van der Waals surface area contributed by atoms with Gasteiger partial charge in [-0.15, -0.1) is 0 Å². The summed E-state index contributed by atoms with van der Waals surface area (Å²) in [6.07, 6.45) is 1.43. The summed E-state index contributed by atoms with van der Waals surface area (Å²) in [7, 11) is 0. The highest BCUT2D eigenvalue weighted by Gasteiger charge is 2.12. The summed E-state index contributed by atoms with van der Waals surface area (Å²) < 4.78 is 0. The smallest absolute Gasteiger partial charge is 0.270 e. The van der Waals surface area contributed by atoms with Crippen molar-refractivity contribution >= 4 is 29.1 Å². The molecule has 1 heterocycles. The molecule has 0 aliphatic heterocycles. The first-order chi connectivity index (χ1) is 10.5. The Hall–Kier alpha value is -2.40. The van der Waals surface area contributed by atoms with Gasteiger partial charge in [-0.25, -0.2) is 0 Å². The standard InChI is InChI=1S/C16H16ClN3O2/c1-10(2)19-16(22)14-8-11(6-7-18-14)15(21)20-13-5-3-4-12(17)9-13/h3-10H,1-2H3,(H,19,22)(H,20,21). The number of pyridine rings is 1. The monoisotopic (exact) mass is 317 g/mol. The van der Waals surface area contributed by atoms with Gasteiger partial charge in [0.2, 0.25) is 0 Å². The predicted octanol–water partition coefficient (Wildman–Crippen LogP) is 3.13. The lowest BCUT2D eigenvalue weighted by atomic mass is 10.2. The second-order valence-corrected chi connectivity index (χ2v) is 5.46. The van der Waals surface area contributed by atoms with Gasteiger partial charge in [-0.3, -0.25) is 14.6 Å². The first-order valence-electron chi connectivity index (χ1n) is 6.79. The second kappa shape index (κ2) is 7.04. The zero-order valence-corrected chi connectivity index (χ0v) is 13.0. The third-order valence-electron chi connectivity index (χ3n) is 2.76. The molecule has 0 aliphatic rings. The van der Waals surface area contributed by atoms with Gasteiger partial charge in [0.15, 0.2) is 0 Å². The number of hydrogen-bond donors (Lipinski definition) is 2. The van der Waals surface area contributed by atoms with Crippen molar-refractivity contribution in [2.75, 3.05) is 5.32 Å². The van der Waals surface area contributed by atoms with Crippen molar-refractivity contribution in [3.8, 4) is 0 Å². The Morgan fingerprint density at radius 1 is 1.14 bits per heavy atom. The van der Waals surface area contributed by atoms with Gasteiger partial charge in [0, 0.05) is 28.5 Å². The maximum atomic E-state index is 12.2. The van der Waals surface area contributed by atoms with Crippen LogP contribution in [0.5, 0.6) is 0 Å². The van der Waals surface area contributed by atoms with Crippen LogP contribution in [-0.2, 0) is 0 Å². The number of carbonyl (C=O) groups is 2. The van der Waals surface area contributed by atoms with E-state index in [1.54, 1.807) is 30.3 Å². The molecule has 2 rings (SSSR count). The van der Waals surface area contributed by atoms with Gasteiger partial charge >= 0.3 is 0 Å². The maximum absolute atomic E-state index is 12.2. The highest BCUT2D eigenvalue weighted by molar-refractivity contribution is 6.31. The largest absolute Gasteiger partial charge is 0.349 e. The minimum absolute atomic E-state index is 0.00163. The molecule has 0 unspecified atom stereocenters. The molecule has 0 spiro atoms. The predicted molar refractivity (Wildman–Crippen MR) is 86.2 cm³/mol. The van der Waals surface area contributed by atoms with Crippen molar-refractivity contribution in [3.05, 3.63) is 58.9 Å². The van der Waals surface area contributed by atoms with Crippen LogP contribution in [0.1, 0.15) is 34.7 Å². The molecule has 2 aromatic rings. The molecule has 2 amide bonds. The molecule has 5 nitrogen and oxygen atoms in total. The number of aromatic nitrogens is 1. The summed E-state index contributed by atoms with van der Waals surface area (Å²) in [6.45, 7) is 3.71. The zero-order chi connectivity index (χ0) is 16.1. The Labute approximate surface area is 133 Å². The van der Waals surface area contributed by atoms with Gasteiger partial charge in [0.25, 0.3) is 11.8 Å². The van der Waals surface area contributed by atoms with E-state index in [1.807, 2.05) is 13.8 Å². The van der Waals surface area contributed by atoms with E-state index in [0.29, 0.717) is 16.3 Å². The van der Waals surface area contributed by atoms with E-state index in [-0.39, 0.29) is 23.6 Å². The van der Waals surface area contributed by atoms with Crippen LogP contribution >= 0.6 is 11.6 Å². The van der Waals surface area contributed by atoms with Crippen molar-refractivity contribution in [3.63, 3.8) is 0 Å². The normalized spacial score (nSPS) is 10.4. The molecule has 6 heteroatoms. The number of amides is 2. The number of carbonyl (C=O) groups excluding carboxylic acids is 2. The van der Waals surface area contributed by atoms with E-state index in [1.165, 1.54) is 12.3 Å². The van der Waals surface area contributed by atoms with Crippen LogP contribution in [0.25, 0.3) is 0 Å². The molecule has 22 heavy (non-hydrogen) atoms. The summed E-state index contributed by atoms with van der Waals surface area (Å²) in [4.78, 5) is 28.1. The Balaban J connectivity index is 2.15. The van der Waals surface area contributed by atoms with E-state index in [4.69, 9.17) is 11.6 Å². The lowest BCUT2D eigenvalue weighted by Gasteiger charge is -2.09. The van der Waals surface area contributed by atoms with Crippen molar-refractivity contribution < 1.29 is 9.59 Å². The number of nitrogens with zero attached hydrogens (tertiary/aromatic N) is 1. The summed E-state index contributed by atoms with van der Waals surface area (Å²) >= 11 is 5.88. The molecule has 0 saturated heterocycles. The van der Waals surface area contributed by atoms with Crippen molar-refractivity contribution in [1.29, 1.82) is 0 Å². The fourth-order valence-electron chi connectivity index (χ4n) is 1.80. The van der Waals surface area contributed by atoms with Crippen molar-refractivity contribution in [1.82, 2.24) is 10.3 Å². The second-order valence-electron chi connectivity index (χ2n) is 5.02. The molecule has 2 N–H and O–H groups in total. The van der Waals surface area contributed by atoms with Crippen LogP contribution in [0, 0.1) is 0 Å². The molecular formula is C16H16ClN3O2. The molecule has 0 atom stereocenters. The first kappa shape index (κ1) is 16.0. The average Bonchev–Trinajstić information content (AvgIpc) is 2.46. The van der Waals surface area contributed by atoms with E-state index in [2.05, 4.69) is 15.6 Å². The molecule has 1 aromatic carbocycles. The molecule has 0 saturated carbocycles. The summed E-state index contributed by atoms with van der Waals surface area (Å²) in [5, 5.41) is 5.99. The molecule has 0 fully saturated rings. The Morgan fingerprint density at radius 2 is 1.91 bits per heavy atom. The molecule has 1 aromatic heterocycles. The number of nitrogens with one attached hydrogen (secondary N) is 2. The minimum Gasteiger partial charge on any atom is -0.349 e. The number of anilines is 1. The van der Waals surface area contributed by atoms with Gasteiger partial charge in [0.1, 0.15) is 5.69 Å². The van der Waals surface area contributed by atoms with Crippen LogP contribution in [0.3, 0.4) is 0 Å². The summed E-state index contributed by atoms with van der Waals surface area (Å²) in [5.74, 6) is -0.643. The highest BCUT2D eigenvalue weighted by atomic mass is 35.5.